The summed E-state index contributed by atoms with van der Waals surface area (Å²) >= 11 is 0. The van der Waals surface area contributed by atoms with E-state index >= 15 is 0 Å². The molecule has 2 heterocycles. The van der Waals surface area contributed by atoms with E-state index in [1.54, 1.807) is 6.07 Å². The second-order valence-electron chi connectivity index (χ2n) is 4.26. The molecule has 0 saturated carbocycles. The molecule has 0 unspecified atom stereocenters. The molecular weight excluding hydrogens is 228 g/mol. The van der Waals surface area contributed by atoms with Crippen molar-refractivity contribution in [3.05, 3.63) is 59.3 Å². The highest BCUT2D eigenvalue weighted by atomic mass is 16.6. The predicted molar refractivity (Wildman–Crippen MR) is 66.0 cm³/mol. The molecule has 1 aliphatic rings. The maximum Gasteiger partial charge on any atom is 0.342 e. The molecule has 0 saturated heterocycles. The molecule has 18 heavy (non-hydrogen) atoms. The lowest BCUT2D eigenvalue weighted by Gasteiger charge is -2.07. The van der Waals surface area contributed by atoms with Crippen LogP contribution in [0.2, 0.25) is 0 Å². The number of esters is 1. The number of carbonyl (C=O) groups is 1. The number of H-pyrrole nitrogens is 1. The Labute approximate surface area is 105 Å². The maximum absolute atomic E-state index is 11.7. The van der Waals surface area contributed by atoms with Crippen LogP contribution < -0.4 is 10.3 Å². The van der Waals surface area contributed by atoms with E-state index in [2.05, 4.69) is 10.3 Å². The number of nitrogens with one attached hydrogen (secondary N) is 2. The molecule has 1 atom stereocenters. The number of hydrogen-bond acceptors (Lipinski definition) is 3. The molecule has 0 radical (unpaired) electrons. The number of aromatic amines is 1. The summed E-state index contributed by atoms with van der Waals surface area (Å²) in [5.41, 5.74) is 2.54. The number of aromatic nitrogens is 1. The van der Waals surface area contributed by atoms with E-state index < -0.39 is 6.23 Å². The van der Waals surface area contributed by atoms with E-state index in [9.17, 15) is 4.79 Å². The number of aryl methyl sites for hydroxylation is 1. The van der Waals surface area contributed by atoms with Gasteiger partial charge in [-0.15, -0.1) is 0 Å². The third-order valence-corrected chi connectivity index (χ3v) is 2.92. The average Bonchev–Trinajstić information content (AvgIpc) is 2.67. The predicted octanol–water partition coefficient (Wildman–Crippen LogP) is 2.09. The van der Waals surface area contributed by atoms with Gasteiger partial charge in [-0.25, -0.2) is 15.1 Å². The molecular formula is C14H13N2O2+. The Morgan fingerprint density at radius 3 is 2.83 bits per heavy atom. The average molecular weight is 241 g/mol. The summed E-state index contributed by atoms with van der Waals surface area (Å²) in [4.78, 5) is 14.8. The first-order chi connectivity index (χ1) is 8.74. The van der Waals surface area contributed by atoms with Gasteiger partial charge in [0.2, 0.25) is 0 Å². The minimum absolute atomic E-state index is 0.282. The van der Waals surface area contributed by atoms with Crippen LogP contribution in [-0.4, -0.2) is 5.97 Å². The van der Waals surface area contributed by atoms with Crippen molar-refractivity contribution in [3.63, 3.8) is 0 Å². The van der Waals surface area contributed by atoms with Crippen LogP contribution in [0.15, 0.2) is 42.5 Å². The molecule has 90 valence electrons. The molecule has 1 aliphatic heterocycles. The molecule has 3 rings (SSSR count). The van der Waals surface area contributed by atoms with Crippen molar-refractivity contribution in [2.75, 3.05) is 5.32 Å². The zero-order chi connectivity index (χ0) is 12.5. The summed E-state index contributed by atoms with van der Waals surface area (Å²) in [5.74, 6) is 0.542. The highest BCUT2D eigenvalue weighted by molar-refractivity contribution is 5.94. The van der Waals surface area contributed by atoms with E-state index in [1.807, 2.05) is 43.3 Å². The fourth-order valence-electron chi connectivity index (χ4n) is 2.06. The topological polar surface area (TPSA) is 52.5 Å². The van der Waals surface area contributed by atoms with E-state index in [1.165, 1.54) is 0 Å². The third-order valence-electron chi connectivity index (χ3n) is 2.92. The van der Waals surface area contributed by atoms with Gasteiger partial charge < -0.3 is 4.74 Å². The van der Waals surface area contributed by atoms with Gasteiger partial charge in [-0.1, -0.05) is 24.3 Å². The van der Waals surface area contributed by atoms with Gasteiger partial charge in [-0.2, -0.15) is 0 Å². The number of carbonyl (C=O) groups excluding carboxylic acids is 1. The zero-order valence-corrected chi connectivity index (χ0v) is 9.94. The first-order valence-corrected chi connectivity index (χ1v) is 5.79. The first-order valence-electron chi connectivity index (χ1n) is 5.79. The van der Waals surface area contributed by atoms with Crippen LogP contribution in [0, 0.1) is 6.92 Å². The molecule has 0 fully saturated rings. The van der Waals surface area contributed by atoms with Crippen molar-refractivity contribution >= 4 is 11.8 Å². The smallest absolute Gasteiger partial charge is 0.342 e. The Hall–Kier alpha value is -2.36. The number of pyridine rings is 1. The van der Waals surface area contributed by atoms with Crippen molar-refractivity contribution < 1.29 is 14.5 Å². The van der Waals surface area contributed by atoms with Crippen LogP contribution in [0.3, 0.4) is 0 Å². The molecule has 1 aromatic heterocycles. The van der Waals surface area contributed by atoms with Gasteiger partial charge >= 0.3 is 5.97 Å². The first kappa shape index (κ1) is 10.8. The van der Waals surface area contributed by atoms with E-state index in [-0.39, 0.29) is 5.97 Å². The molecule has 0 aliphatic carbocycles. The summed E-state index contributed by atoms with van der Waals surface area (Å²) in [6, 6.07) is 13.2. The minimum Gasteiger partial charge on any atom is -0.414 e. The van der Waals surface area contributed by atoms with Gasteiger partial charge in [-0.05, 0) is 19.1 Å². The quantitative estimate of drug-likeness (QED) is 0.819. The Morgan fingerprint density at radius 2 is 2.00 bits per heavy atom. The fourth-order valence-corrected chi connectivity index (χ4v) is 2.06. The lowest BCUT2D eigenvalue weighted by Crippen LogP contribution is -2.19. The summed E-state index contributed by atoms with van der Waals surface area (Å²) < 4.78 is 5.31. The van der Waals surface area contributed by atoms with Gasteiger partial charge in [0.1, 0.15) is 0 Å². The molecule has 0 amide bonds. The molecule has 2 N–H and O–H groups in total. The summed E-state index contributed by atoms with van der Waals surface area (Å²) in [6.07, 6.45) is -0.424. The van der Waals surface area contributed by atoms with Crippen molar-refractivity contribution in [2.24, 2.45) is 0 Å². The molecule has 0 spiro atoms. The number of anilines is 1. The molecule has 0 bridgehead atoms. The minimum atomic E-state index is -0.424. The van der Waals surface area contributed by atoms with Crippen LogP contribution in [0.5, 0.6) is 0 Å². The van der Waals surface area contributed by atoms with Gasteiger partial charge in [0.25, 0.3) is 12.0 Å². The fraction of sp³-hybridized carbons (Fsp3) is 0.143. The van der Waals surface area contributed by atoms with Crippen molar-refractivity contribution in [2.45, 2.75) is 13.2 Å². The number of benzene rings is 1. The Kier molecular flexibility index (Phi) is 2.48. The zero-order valence-electron chi connectivity index (χ0n) is 9.94. The van der Waals surface area contributed by atoms with Crippen molar-refractivity contribution in [1.29, 1.82) is 0 Å². The number of rotatable bonds is 2. The van der Waals surface area contributed by atoms with Crippen LogP contribution in [0.25, 0.3) is 0 Å². The SMILES string of the molecule is Cc1cccc(N[C@H]2OC(=O)c3ccccc32)[nH+]1. The standard InChI is InChI=1S/C14H12N2O2/c1-9-5-4-8-12(15-9)16-13-10-6-2-3-7-11(10)14(17)18-13/h2-8,13H,1H3,(H,15,16)/p+1/t13-/m0/s1. The summed E-state index contributed by atoms with van der Waals surface area (Å²) in [7, 11) is 0. The lowest BCUT2D eigenvalue weighted by atomic mass is 10.1. The maximum atomic E-state index is 11.7. The van der Waals surface area contributed by atoms with E-state index in [0.717, 1.165) is 17.1 Å². The Bertz CT molecular complexity index is 610. The highest BCUT2D eigenvalue weighted by Crippen LogP contribution is 2.30. The van der Waals surface area contributed by atoms with Gasteiger partial charge in [0.15, 0.2) is 0 Å². The second-order valence-corrected chi connectivity index (χ2v) is 4.26. The monoisotopic (exact) mass is 241 g/mol. The van der Waals surface area contributed by atoms with Crippen molar-refractivity contribution in [1.82, 2.24) is 0 Å². The molecule has 1 aromatic carbocycles. The molecule has 4 nitrogen and oxygen atoms in total. The molecule has 4 heteroatoms. The summed E-state index contributed by atoms with van der Waals surface area (Å²) in [6.45, 7) is 1.97. The van der Waals surface area contributed by atoms with E-state index in [4.69, 9.17) is 4.74 Å². The van der Waals surface area contributed by atoms with Gasteiger partial charge in [0, 0.05) is 6.07 Å². The van der Waals surface area contributed by atoms with Crippen LogP contribution in [-0.2, 0) is 4.74 Å². The third kappa shape index (κ3) is 1.82. The lowest BCUT2D eigenvalue weighted by molar-refractivity contribution is -0.371. The number of fused-ring (bicyclic) bond motifs is 1. The van der Waals surface area contributed by atoms with Gasteiger partial charge in [-0.3, -0.25) is 0 Å². The second kappa shape index (κ2) is 4.14. The summed E-state index contributed by atoms with van der Waals surface area (Å²) in [5, 5.41) is 3.17. The van der Waals surface area contributed by atoms with Crippen LogP contribution >= 0.6 is 0 Å². The Morgan fingerprint density at radius 1 is 1.17 bits per heavy atom. The van der Waals surface area contributed by atoms with Crippen LogP contribution in [0.1, 0.15) is 27.8 Å². The van der Waals surface area contributed by atoms with Gasteiger partial charge in [0.05, 0.1) is 16.8 Å². The van der Waals surface area contributed by atoms with Crippen molar-refractivity contribution in [3.8, 4) is 0 Å². The van der Waals surface area contributed by atoms with E-state index in [0.29, 0.717) is 5.56 Å². The Balaban J connectivity index is 1.90. The number of hydrogen-bond donors (Lipinski definition) is 1. The highest BCUT2D eigenvalue weighted by Gasteiger charge is 2.33. The van der Waals surface area contributed by atoms with Crippen LogP contribution in [0.4, 0.5) is 5.82 Å². The number of cyclic esters (lactones) is 1. The molecule has 2 aromatic rings. The largest absolute Gasteiger partial charge is 0.414 e. The number of ether oxygens (including phenoxy) is 1. The normalized spacial score (nSPS) is 17.2.